The van der Waals surface area contributed by atoms with Gasteiger partial charge >= 0.3 is 5.97 Å². The van der Waals surface area contributed by atoms with Crippen molar-refractivity contribution in [1.82, 2.24) is 0 Å². The molecule has 0 atom stereocenters. The van der Waals surface area contributed by atoms with Gasteiger partial charge in [0.25, 0.3) is 0 Å². The van der Waals surface area contributed by atoms with Crippen molar-refractivity contribution in [3.8, 4) is 6.07 Å². The van der Waals surface area contributed by atoms with Gasteiger partial charge in [-0.2, -0.15) is 5.26 Å². The molecule has 0 bridgehead atoms. The molecule has 1 radical (unpaired) electrons. The van der Waals surface area contributed by atoms with Crippen molar-refractivity contribution in [2.24, 2.45) is 0 Å². The summed E-state index contributed by atoms with van der Waals surface area (Å²) in [6.45, 7) is 1.43. The number of carbonyl (C=O) groups is 1. The molecule has 0 aliphatic carbocycles. The fourth-order valence-corrected chi connectivity index (χ4v) is 1.41. The van der Waals surface area contributed by atoms with Gasteiger partial charge in [0.2, 0.25) is 0 Å². The van der Waals surface area contributed by atoms with Crippen LogP contribution in [-0.2, 0) is 16.8 Å². The van der Waals surface area contributed by atoms with E-state index >= 15 is 0 Å². The molecule has 2 aromatic carbocycles. The first-order valence-electron chi connectivity index (χ1n) is 4.72. The van der Waals surface area contributed by atoms with Gasteiger partial charge in [-0.05, 0) is 16.8 Å². The van der Waals surface area contributed by atoms with Crippen LogP contribution in [0.4, 0.5) is 0 Å². The molecule has 0 saturated heterocycles. The molecule has 2 rings (SSSR count). The van der Waals surface area contributed by atoms with Crippen LogP contribution in [0.1, 0.15) is 17.3 Å². The van der Waals surface area contributed by atoms with Gasteiger partial charge in [-0.25, -0.2) is 4.79 Å². The maximum absolute atomic E-state index is 10.8. The van der Waals surface area contributed by atoms with Crippen LogP contribution < -0.4 is 0 Å². The Morgan fingerprint density at radius 1 is 1.18 bits per heavy atom. The number of rotatable bonds is 1. The van der Waals surface area contributed by atoms with E-state index in [1.807, 2.05) is 30.3 Å². The summed E-state index contributed by atoms with van der Waals surface area (Å²) in [6, 6.07) is 14.5. The van der Waals surface area contributed by atoms with E-state index in [9.17, 15) is 4.79 Å². The zero-order valence-electron chi connectivity index (χ0n) is 9.18. The Hall–Kier alpha value is -1.83. The number of aromatic carboxylic acids is 1. The number of hydrogen-bond acceptors (Lipinski definition) is 2. The van der Waals surface area contributed by atoms with E-state index in [4.69, 9.17) is 10.4 Å². The first kappa shape index (κ1) is 15.2. The van der Waals surface area contributed by atoms with Gasteiger partial charge in [-0.15, -0.1) is 0 Å². The topological polar surface area (TPSA) is 61.1 Å². The van der Waals surface area contributed by atoms with Crippen LogP contribution in [-0.4, -0.2) is 11.1 Å². The van der Waals surface area contributed by atoms with Gasteiger partial charge in [-0.3, -0.25) is 0 Å². The van der Waals surface area contributed by atoms with Crippen molar-refractivity contribution in [3.05, 3.63) is 48.0 Å². The molecule has 89 valence electrons. The van der Waals surface area contributed by atoms with Crippen LogP contribution in [0.3, 0.4) is 0 Å². The second kappa shape index (κ2) is 7.44. The van der Waals surface area contributed by atoms with Gasteiger partial charge < -0.3 is 5.11 Å². The zero-order valence-corrected chi connectivity index (χ0v) is 10.2. The molecule has 0 aromatic heterocycles. The molecule has 0 spiro atoms. The van der Waals surface area contributed by atoms with Gasteiger partial charge in [0.15, 0.2) is 0 Å². The Balaban J connectivity index is 0.000000583. The third kappa shape index (κ3) is 3.91. The van der Waals surface area contributed by atoms with E-state index < -0.39 is 5.97 Å². The third-order valence-corrected chi connectivity index (χ3v) is 2.02. The molecule has 1 N–H and O–H groups in total. The molecule has 0 unspecified atom stereocenters. The fourth-order valence-electron chi connectivity index (χ4n) is 1.41. The number of carboxylic acid groups (broad SMARTS) is 1. The molecule has 17 heavy (non-hydrogen) atoms. The van der Waals surface area contributed by atoms with E-state index in [0.29, 0.717) is 5.56 Å². The number of hydrogen-bond donors (Lipinski definition) is 1. The Bertz CT molecular complexity index is 541. The minimum atomic E-state index is -0.878. The molecule has 4 heteroatoms. The van der Waals surface area contributed by atoms with E-state index in [0.717, 1.165) is 10.8 Å². The Kier molecular flexibility index (Phi) is 6.64. The summed E-state index contributed by atoms with van der Waals surface area (Å²) in [5.41, 5.74) is 0.359. The minimum absolute atomic E-state index is 0. The standard InChI is InChI=1S/C11H8O2.C2H3N.Co/c12-11(13)10-7-3-5-8-4-1-2-6-9(8)10;1-2-3;/h1-7H,(H,12,13);1H3;. The van der Waals surface area contributed by atoms with Crippen molar-refractivity contribution in [2.45, 2.75) is 6.92 Å². The second-order valence-electron chi connectivity index (χ2n) is 3.06. The molecule has 3 nitrogen and oxygen atoms in total. The SMILES string of the molecule is CC#N.O=C(O)c1cccc2ccccc12.[Co]. The molecule has 0 aliphatic heterocycles. The van der Waals surface area contributed by atoms with E-state index in [-0.39, 0.29) is 16.8 Å². The van der Waals surface area contributed by atoms with Gasteiger partial charge in [0, 0.05) is 23.7 Å². The Morgan fingerprint density at radius 3 is 2.29 bits per heavy atom. The second-order valence-corrected chi connectivity index (χ2v) is 3.06. The van der Waals surface area contributed by atoms with E-state index in [1.165, 1.54) is 6.92 Å². The minimum Gasteiger partial charge on any atom is -0.478 e. The van der Waals surface area contributed by atoms with Crippen LogP contribution in [0, 0.1) is 11.3 Å². The molecular weight excluding hydrogens is 261 g/mol. The van der Waals surface area contributed by atoms with Gasteiger partial charge in [-0.1, -0.05) is 36.4 Å². The average Bonchev–Trinajstić information content (AvgIpc) is 2.29. The number of nitriles is 1. The summed E-state index contributed by atoms with van der Waals surface area (Å²) in [5.74, 6) is -0.878. The molecular formula is C13H11CoNO2. The summed E-state index contributed by atoms with van der Waals surface area (Å²) in [7, 11) is 0. The van der Waals surface area contributed by atoms with Crippen molar-refractivity contribution in [3.63, 3.8) is 0 Å². The van der Waals surface area contributed by atoms with Crippen molar-refractivity contribution in [1.29, 1.82) is 5.26 Å². The number of carboxylic acids is 1. The summed E-state index contributed by atoms with van der Waals surface area (Å²) in [4.78, 5) is 10.8. The first-order chi connectivity index (χ1) is 7.70. The number of fused-ring (bicyclic) bond motifs is 1. The summed E-state index contributed by atoms with van der Waals surface area (Å²) < 4.78 is 0. The van der Waals surface area contributed by atoms with Crippen molar-refractivity contribution < 1.29 is 26.7 Å². The van der Waals surface area contributed by atoms with Crippen LogP contribution in [0.15, 0.2) is 42.5 Å². The fraction of sp³-hybridized carbons (Fsp3) is 0.0769. The van der Waals surface area contributed by atoms with Crippen LogP contribution in [0.5, 0.6) is 0 Å². The third-order valence-electron chi connectivity index (χ3n) is 2.02. The summed E-state index contributed by atoms with van der Waals surface area (Å²) in [6.07, 6.45) is 0. The first-order valence-corrected chi connectivity index (χ1v) is 4.72. The largest absolute Gasteiger partial charge is 0.478 e. The predicted molar refractivity (Wildman–Crippen MR) is 62.2 cm³/mol. The number of nitrogens with zero attached hydrogens (tertiary/aromatic N) is 1. The van der Waals surface area contributed by atoms with E-state index in [1.54, 1.807) is 18.2 Å². The van der Waals surface area contributed by atoms with Crippen molar-refractivity contribution in [2.75, 3.05) is 0 Å². The van der Waals surface area contributed by atoms with Gasteiger partial charge in [0.05, 0.1) is 11.6 Å². The zero-order chi connectivity index (χ0) is 12.0. The quantitative estimate of drug-likeness (QED) is 0.867. The molecule has 0 amide bonds. The Labute approximate surface area is 110 Å². The average molecular weight is 272 g/mol. The molecule has 0 aliphatic rings. The molecule has 0 saturated carbocycles. The van der Waals surface area contributed by atoms with Crippen molar-refractivity contribution >= 4 is 16.7 Å². The summed E-state index contributed by atoms with van der Waals surface area (Å²) in [5, 5.41) is 18.0. The monoisotopic (exact) mass is 272 g/mol. The van der Waals surface area contributed by atoms with Crippen LogP contribution in [0.2, 0.25) is 0 Å². The normalized spacial score (nSPS) is 8.24. The van der Waals surface area contributed by atoms with Crippen LogP contribution in [0.25, 0.3) is 10.8 Å². The van der Waals surface area contributed by atoms with Crippen LogP contribution >= 0.6 is 0 Å². The van der Waals surface area contributed by atoms with E-state index in [2.05, 4.69) is 0 Å². The molecule has 0 fully saturated rings. The van der Waals surface area contributed by atoms with Gasteiger partial charge in [0.1, 0.15) is 0 Å². The summed E-state index contributed by atoms with van der Waals surface area (Å²) >= 11 is 0. The molecule has 2 aromatic rings. The predicted octanol–water partition coefficient (Wildman–Crippen LogP) is 3.07. The Morgan fingerprint density at radius 2 is 1.71 bits per heavy atom. The molecule has 0 heterocycles. The number of benzene rings is 2. The maximum Gasteiger partial charge on any atom is 0.336 e. The maximum atomic E-state index is 10.8. The smallest absolute Gasteiger partial charge is 0.336 e.